The Morgan fingerprint density at radius 3 is 2.62 bits per heavy atom. The molecule has 0 bridgehead atoms. The molecule has 0 radical (unpaired) electrons. The number of amides is 1. The van der Waals surface area contributed by atoms with Gasteiger partial charge in [0.25, 0.3) is 5.91 Å². The molecule has 2 aromatic carbocycles. The van der Waals surface area contributed by atoms with E-state index in [0.29, 0.717) is 46.9 Å². The molecule has 1 N–H and O–H groups in total. The molecule has 7 nitrogen and oxygen atoms in total. The van der Waals surface area contributed by atoms with Crippen molar-refractivity contribution < 1.29 is 28.6 Å². The van der Waals surface area contributed by atoms with E-state index >= 15 is 0 Å². The van der Waals surface area contributed by atoms with Gasteiger partial charge in [0.2, 0.25) is 5.78 Å². The maximum atomic E-state index is 13.5. The van der Waals surface area contributed by atoms with Crippen molar-refractivity contribution in [3.05, 3.63) is 76.2 Å². The molecule has 1 aromatic heterocycles. The standard InChI is InChI=1S/C24H22ClNO6/c1-30-12-4-11-26-20(14-7-9-16(25)10-8-14)19(22(28)24(26)29)21(27)18-13-15-5-3-6-17(31-2)23(15)32-18/h3,5-10,13,20,28H,4,11-12H2,1-2H3. The Morgan fingerprint density at radius 2 is 1.94 bits per heavy atom. The highest BCUT2D eigenvalue weighted by Crippen LogP contribution is 2.40. The van der Waals surface area contributed by atoms with E-state index in [-0.39, 0.29) is 11.3 Å². The van der Waals surface area contributed by atoms with Gasteiger partial charge in [-0.1, -0.05) is 35.9 Å². The maximum Gasteiger partial charge on any atom is 0.290 e. The zero-order chi connectivity index (χ0) is 22.8. The number of methoxy groups -OCH3 is 2. The van der Waals surface area contributed by atoms with Crippen molar-refractivity contribution in [3.8, 4) is 5.75 Å². The molecule has 1 amide bonds. The molecule has 0 saturated heterocycles. The predicted molar refractivity (Wildman–Crippen MR) is 119 cm³/mol. The Labute approximate surface area is 189 Å². The van der Waals surface area contributed by atoms with Gasteiger partial charge in [-0.3, -0.25) is 9.59 Å². The number of aliphatic hydroxyl groups is 1. The molecule has 166 valence electrons. The fourth-order valence-electron chi connectivity index (χ4n) is 3.93. The van der Waals surface area contributed by atoms with Crippen LogP contribution in [-0.2, 0) is 9.53 Å². The number of furan rings is 1. The first-order valence-corrected chi connectivity index (χ1v) is 10.4. The number of para-hydroxylation sites is 1. The van der Waals surface area contributed by atoms with E-state index < -0.39 is 23.5 Å². The van der Waals surface area contributed by atoms with Gasteiger partial charge in [-0.2, -0.15) is 0 Å². The highest BCUT2D eigenvalue weighted by Gasteiger charge is 2.44. The second-order valence-electron chi connectivity index (χ2n) is 7.38. The molecular weight excluding hydrogens is 434 g/mol. The van der Waals surface area contributed by atoms with Gasteiger partial charge in [-0.25, -0.2) is 0 Å². The van der Waals surface area contributed by atoms with Crippen LogP contribution in [0, 0.1) is 0 Å². The van der Waals surface area contributed by atoms with E-state index in [1.54, 1.807) is 55.6 Å². The topological polar surface area (TPSA) is 89.2 Å². The van der Waals surface area contributed by atoms with Gasteiger partial charge in [0, 0.05) is 30.7 Å². The number of carbonyl (C=O) groups is 2. The number of halogens is 1. The van der Waals surface area contributed by atoms with Crippen LogP contribution in [0.2, 0.25) is 5.02 Å². The third kappa shape index (κ3) is 3.85. The van der Waals surface area contributed by atoms with Crippen LogP contribution in [0.3, 0.4) is 0 Å². The Kier molecular flexibility index (Phi) is 6.21. The number of aliphatic hydroxyl groups excluding tert-OH is 1. The van der Waals surface area contributed by atoms with Crippen LogP contribution in [0.5, 0.6) is 5.75 Å². The summed E-state index contributed by atoms with van der Waals surface area (Å²) in [7, 11) is 3.08. The van der Waals surface area contributed by atoms with Crippen LogP contribution < -0.4 is 4.74 Å². The number of rotatable bonds is 8. The first kappa shape index (κ1) is 21.9. The fourth-order valence-corrected chi connectivity index (χ4v) is 4.05. The number of hydrogen-bond acceptors (Lipinski definition) is 6. The first-order valence-electron chi connectivity index (χ1n) is 10.1. The van der Waals surface area contributed by atoms with Crippen LogP contribution in [0.15, 0.2) is 64.3 Å². The van der Waals surface area contributed by atoms with Gasteiger partial charge >= 0.3 is 0 Å². The number of nitrogens with zero attached hydrogens (tertiary/aromatic N) is 1. The minimum Gasteiger partial charge on any atom is -0.503 e. The number of Topliss-reactive ketones (excluding diaryl/α,β-unsaturated/α-hetero) is 1. The van der Waals surface area contributed by atoms with Crippen LogP contribution >= 0.6 is 11.6 Å². The molecule has 1 aliphatic heterocycles. The summed E-state index contributed by atoms with van der Waals surface area (Å²) in [5, 5.41) is 11.9. The quantitative estimate of drug-likeness (QED) is 0.391. The van der Waals surface area contributed by atoms with E-state index in [0.717, 1.165) is 0 Å². The lowest BCUT2D eigenvalue weighted by Crippen LogP contribution is -2.32. The summed E-state index contributed by atoms with van der Waals surface area (Å²) in [5.41, 5.74) is 1.04. The number of ether oxygens (including phenoxy) is 2. The molecule has 0 fully saturated rings. The van der Waals surface area contributed by atoms with E-state index in [4.69, 9.17) is 25.5 Å². The van der Waals surface area contributed by atoms with Crippen molar-refractivity contribution in [1.29, 1.82) is 0 Å². The second kappa shape index (κ2) is 9.06. The third-order valence-electron chi connectivity index (χ3n) is 5.43. The zero-order valence-corrected chi connectivity index (χ0v) is 18.4. The predicted octanol–water partition coefficient (Wildman–Crippen LogP) is 4.71. The molecule has 1 aliphatic rings. The molecule has 0 spiro atoms. The minimum absolute atomic E-state index is 0.0107. The van der Waals surface area contributed by atoms with Crippen molar-refractivity contribution in [3.63, 3.8) is 0 Å². The molecule has 1 unspecified atom stereocenters. The van der Waals surface area contributed by atoms with E-state index in [1.807, 2.05) is 0 Å². The lowest BCUT2D eigenvalue weighted by atomic mass is 9.95. The second-order valence-corrected chi connectivity index (χ2v) is 7.82. The molecule has 4 rings (SSSR count). The minimum atomic E-state index is -0.778. The number of carbonyl (C=O) groups excluding carboxylic acids is 2. The Morgan fingerprint density at radius 1 is 1.19 bits per heavy atom. The van der Waals surface area contributed by atoms with Gasteiger partial charge in [-0.05, 0) is 36.2 Å². The summed E-state index contributed by atoms with van der Waals surface area (Å²) in [4.78, 5) is 27.9. The van der Waals surface area contributed by atoms with Gasteiger partial charge in [-0.15, -0.1) is 0 Å². The average molecular weight is 456 g/mol. The lowest BCUT2D eigenvalue weighted by Gasteiger charge is -2.26. The SMILES string of the molecule is COCCCN1C(=O)C(O)=C(C(=O)c2cc3cccc(OC)c3o2)C1c1ccc(Cl)cc1. The zero-order valence-electron chi connectivity index (χ0n) is 17.6. The van der Waals surface area contributed by atoms with Crippen LogP contribution in [0.1, 0.15) is 28.6 Å². The molecular formula is C24H22ClNO6. The van der Waals surface area contributed by atoms with E-state index in [1.165, 1.54) is 12.0 Å². The highest BCUT2D eigenvalue weighted by molar-refractivity contribution is 6.30. The lowest BCUT2D eigenvalue weighted by molar-refractivity contribution is -0.129. The third-order valence-corrected chi connectivity index (χ3v) is 5.69. The monoisotopic (exact) mass is 455 g/mol. The Bertz CT molecular complexity index is 1200. The van der Waals surface area contributed by atoms with E-state index in [2.05, 4.69) is 0 Å². The number of benzene rings is 2. The largest absolute Gasteiger partial charge is 0.503 e. The van der Waals surface area contributed by atoms with Crippen LogP contribution in [0.25, 0.3) is 11.0 Å². The summed E-state index contributed by atoms with van der Waals surface area (Å²) >= 11 is 6.03. The molecule has 0 aliphatic carbocycles. The number of hydrogen-bond donors (Lipinski definition) is 1. The van der Waals surface area contributed by atoms with Gasteiger partial charge < -0.3 is 23.9 Å². The summed E-state index contributed by atoms with van der Waals surface area (Å²) in [5.74, 6) is -1.27. The van der Waals surface area contributed by atoms with Gasteiger partial charge in [0.05, 0.1) is 18.7 Å². The Hall–Kier alpha value is -3.29. The van der Waals surface area contributed by atoms with Crippen molar-refractivity contribution in [2.75, 3.05) is 27.4 Å². The normalized spacial score (nSPS) is 16.3. The van der Waals surface area contributed by atoms with Crippen molar-refractivity contribution >= 4 is 34.3 Å². The summed E-state index contributed by atoms with van der Waals surface area (Å²) in [6.45, 7) is 0.735. The smallest absolute Gasteiger partial charge is 0.290 e. The average Bonchev–Trinajstić information content (AvgIpc) is 3.34. The molecule has 3 aromatic rings. The first-order chi connectivity index (χ1) is 15.5. The Balaban J connectivity index is 1.78. The van der Waals surface area contributed by atoms with Gasteiger partial charge in [0.15, 0.2) is 22.9 Å². The summed E-state index contributed by atoms with van der Waals surface area (Å²) < 4.78 is 16.2. The van der Waals surface area contributed by atoms with E-state index in [9.17, 15) is 14.7 Å². The maximum absolute atomic E-state index is 13.5. The molecule has 32 heavy (non-hydrogen) atoms. The highest BCUT2D eigenvalue weighted by atomic mass is 35.5. The van der Waals surface area contributed by atoms with Crippen molar-refractivity contribution in [1.82, 2.24) is 4.90 Å². The summed E-state index contributed by atoms with van der Waals surface area (Å²) in [6.07, 6.45) is 0.545. The van der Waals surface area contributed by atoms with Gasteiger partial charge in [0.1, 0.15) is 0 Å². The fraction of sp³-hybridized carbons (Fsp3) is 0.250. The summed E-state index contributed by atoms with van der Waals surface area (Å²) in [6, 6.07) is 12.9. The van der Waals surface area contributed by atoms with Crippen molar-refractivity contribution in [2.24, 2.45) is 0 Å². The van der Waals surface area contributed by atoms with Crippen molar-refractivity contribution in [2.45, 2.75) is 12.5 Å². The molecule has 0 saturated carbocycles. The number of ketones is 1. The van der Waals surface area contributed by atoms with Crippen LogP contribution in [0.4, 0.5) is 0 Å². The molecule has 8 heteroatoms. The molecule has 2 heterocycles. The number of fused-ring (bicyclic) bond motifs is 1. The van der Waals surface area contributed by atoms with Crippen LogP contribution in [-0.4, -0.2) is 49.1 Å². The molecule has 1 atom stereocenters.